The van der Waals surface area contributed by atoms with E-state index in [1.54, 1.807) is 6.92 Å². The van der Waals surface area contributed by atoms with E-state index in [-0.39, 0.29) is 39.2 Å². The van der Waals surface area contributed by atoms with Crippen LogP contribution >= 0.6 is 22.9 Å². The Morgan fingerprint density at radius 3 is 2.55 bits per heavy atom. The number of thiophene rings is 1. The molecule has 0 spiro atoms. The zero-order chi connectivity index (χ0) is 22.8. The first kappa shape index (κ1) is 23.0. The van der Waals surface area contributed by atoms with E-state index in [9.17, 15) is 22.8 Å². The Labute approximate surface area is 183 Å². The molecule has 0 atom stereocenters. The summed E-state index contributed by atoms with van der Waals surface area (Å²) >= 11 is 7.23. The summed E-state index contributed by atoms with van der Waals surface area (Å²) in [4.78, 5) is 32.2. The summed E-state index contributed by atoms with van der Waals surface area (Å²) in [5.41, 5.74) is -0.451. The molecule has 0 saturated heterocycles. The first-order valence-corrected chi connectivity index (χ1v) is 10.1. The number of halogens is 4. The van der Waals surface area contributed by atoms with Crippen molar-refractivity contribution < 1.29 is 27.4 Å². The predicted molar refractivity (Wildman–Crippen MR) is 112 cm³/mol. The van der Waals surface area contributed by atoms with Crippen LogP contribution in [-0.2, 0) is 15.7 Å². The fourth-order valence-corrected chi connectivity index (χ4v) is 4.01. The highest BCUT2D eigenvalue weighted by molar-refractivity contribution is 7.20. The Balaban J connectivity index is 1.93. The van der Waals surface area contributed by atoms with Gasteiger partial charge in [-0.2, -0.15) is 13.2 Å². The Bertz CT molecular complexity index is 1200. The minimum Gasteiger partial charge on any atom is -0.459 e. The third kappa shape index (κ3) is 5.15. The Hall–Kier alpha value is -2.69. The van der Waals surface area contributed by atoms with Gasteiger partial charge in [0.1, 0.15) is 16.3 Å². The van der Waals surface area contributed by atoms with Crippen LogP contribution in [0.25, 0.3) is 21.3 Å². The molecule has 3 aromatic rings. The molecule has 1 aromatic carbocycles. The Morgan fingerprint density at radius 2 is 1.94 bits per heavy atom. The summed E-state index contributed by atoms with van der Waals surface area (Å²) in [6, 6.07) is 4.37. The molecular weight excluding hydrogens is 457 g/mol. The second-order valence-electron chi connectivity index (χ2n) is 6.39. The van der Waals surface area contributed by atoms with Crippen molar-refractivity contribution in [2.75, 3.05) is 20.3 Å². The maximum atomic E-state index is 12.7. The van der Waals surface area contributed by atoms with Crippen LogP contribution in [0.15, 0.2) is 29.1 Å². The van der Waals surface area contributed by atoms with Crippen molar-refractivity contribution in [2.45, 2.75) is 13.1 Å². The number of ether oxygens (including phenoxy) is 2. The number of methoxy groups -OCH3 is 1. The molecule has 164 valence electrons. The topological polar surface area (TPSA) is 81.3 Å². The molecule has 0 fully saturated rings. The number of H-pyrrole nitrogens is 1. The molecular formula is C20H16ClF3N2O4S. The second kappa shape index (κ2) is 9.21. The van der Waals surface area contributed by atoms with Gasteiger partial charge < -0.3 is 14.5 Å². The first-order valence-electron chi connectivity index (χ1n) is 8.86. The van der Waals surface area contributed by atoms with E-state index in [0.717, 1.165) is 23.5 Å². The summed E-state index contributed by atoms with van der Waals surface area (Å²) < 4.78 is 48.0. The molecule has 0 radical (unpaired) electrons. The standard InChI is InChI=1S/C20H16ClF3N2O4S/c1-10-14-17(27)25-16(26-18(14)31-15(10)19(28)30-8-7-29-2)13(21)9-11-3-5-12(6-4-11)20(22,23)24/h3-6,9H,7-8H2,1-2H3,(H,25,26,27)/b13-9-. The van der Waals surface area contributed by atoms with Gasteiger partial charge in [-0.05, 0) is 36.3 Å². The fraction of sp³-hybridized carbons (Fsp3) is 0.250. The molecule has 0 amide bonds. The summed E-state index contributed by atoms with van der Waals surface area (Å²) in [6.45, 7) is 1.92. The number of carbonyl (C=O) groups excluding carboxylic acids is 1. The average molecular weight is 473 g/mol. The van der Waals surface area contributed by atoms with E-state index in [4.69, 9.17) is 21.1 Å². The molecule has 1 N–H and O–H groups in total. The molecule has 0 aliphatic carbocycles. The van der Waals surface area contributed by atoms with E-state index < -0.39 is 23.3 Å². The molecule has 0 aliphatic heterocycles. The largest absolute Gasteiger partial charge is 0.459 e. The lowest BCUT2D eigenvalue weighted by Crippen LogP contribution is -2.11. The minimum absolute atomic E-state index is 0.0223. The normalized spacial score (nSPS) is 12.4. The summed E-state index contributed by atoms with van der Waals surface area (Å²) in [5, 5.41) is 0.264. The van der Waals surface area contributed by atoms with Crippen LogP contribution in [0.3, 0.4) is 0 Å². The van der Waals surface area contributed by atoms with Gasteiger partial charge in [0.15, 0.2) is 5.82 Å². The van der Waals surface area contributed by atoms with Crippen LogP contribution < -0.4 is 5.56 Å². The molecule has 31 heavy (non-hydrogen) atoms. The number of hydrogen-bond acceptors (Lipinski definition) is 6. The highest BCUT2D eigenvalue weighted by Crippen LogP contribution is 2.31. The van der Waals surface area contributed by atoms with E-state index in [2.05, 4.69) is 9.97 Å². The van der Waals surface area contributed by atoms with Gasteiger partial charge in [0.2, 0.25) is 0 Å². The van der Waals surface area contributed by atoms with Crippen LogP contribution in [0.2, 0.25) is 0 Å². The number of rotatable bonds is 6. The van der Waals surface area contributed by atoms with Crippen molar-refractivity contribution in [3.63, 3.8) is 0 Å². The van der Waals surface area contributed by atoms with E-state index in [1.165, 1.54) is 25.3 Å². The number of nitrogens with one attached hydrogen (secondary N) is 1. The number of aromatic amines is 1. The molecule has 0 unspecified atom stereocenters. The number of aryl methyl sites for hydroxylation is 1. The van der Waals surface area contributed by atoms with Gasteiger partial charge in [-0.1, -0.05) is 23.7 Å². The Kier molecular flexibility index (Phi) is 6.83. The van der Waals surface area contributed by atoms with Crippen molar-refractivity contribution in [3.8, 4) is 0 Å². The molecule has 2 aromatic heterocycles. The SMILES string of the molecule is COCCOC(=O)c1sc2nc(/C(Cl)=C/c3ccc(C(F)(F)F)cc3)[nH]c(=O)c2c1C. The number of aromatic nitrogens is 2. The van der Waals surface area contributed by atoms with Crippen molar-refractivity contribution >= 4 is 50.2 Å². The summed E-state index contributed by atoms with van der Waals surface area (Å²) in [5.74, 6) is -0.565. The number of nitrogens with zero attached hydrogens (tertiary/aromatic N) is 1. The lowest BCUT2D eigenvalue weighted by atomic mass is 10.1. The van der Waals surface area contributed by atoms with Gasteiger partial charge in [0.25, 0.3) is 5.56 Å². The maximum absolute atomic E-state index is 12.7. The van der Waals surface area contributed by atoms with Crippen molar-refractivity contribution in [2.24, 2.45) is 0 Å². The summed E-state index contributed by atoms with van der Waals surface area (Å²) in [7, 11) is 1.48. The maximum Gasteiger partial charge on any atom is 0.416 e. The zero-order valence-corrected chi connectivity index (χ0v) is 17.9. The number of carbonyl (C=O) groups is 1. The average Bonchev–Trinajstić information content (AvgIpc) is 3.05. The molecule has 3 rings (SSSR count). The van der Waals surface area contributed by atoms with Crippen LogP contribution in [0.5, 0.6) is 0 Å². The quantitative estimate of drug-likeness (QED) is 0.409. The van der Waals surface area contributed by atoms with Crippen molar-refractivity contribution in [3.05, 3.63) is 62.0 Å². The smallest absolute Gasteiger partial charge is 0.416 e. The van der Waals surface area contributed by atoms with Gasteiger partial charge in [0.05, 0.1) is 22.6 Å². The number of benzene rings is 1. The van der Waals surface area contributed by atoms with E-state index in [0.29, 0.717) is 11.1 Å². The van der Waals surface area contributed by atoms with Crippen LogP contribution in [0, 0.1) is 6.92 Å². The molecule has 6 nitrogen and oxygen atoms in total. The lowest BCUT2D eigenvalue weighted by Gasteiger charge is -2.06. The van der Waals surface area contributed by atoms with Gasteiger partial charge in [-0.25, -0.2) is 9.78 Å². The Morgan fingerprint density at radius 1 is 1.26 bits per heavy atom. The first-order chi connectivity index (χ1) is 14.6. The third-order valence-electron chi connectivity index (χ3n) is 4.26. The molecule has 2 heterocycles. The van der Waals surface area contributed by atoms with Crippen LogP contribution in [-0.4, -0.2) is 36.3 Å². The predicted octanol–water partition coefficient (Wildman–Crippen LogP) is 4.85. The second-order valence-corrected chi connectivity index (χ2v) is 7.80. The van der Waals surface area contributed by atoms with Gasteiger partial charge in [-0.15, -0.1) is 11.3 Å². The van der Waals surface area contributed by atoms with E-state index >= 15 is 0 Å². The monoisotopic (exact) mass is 472 g/mol. The van der Waals surface area contributed by atoms with Gasteiger partial charge >= 0.3 is 12.1 Å². The van der Waals surface area contributed by atoms with Gasteiger partial charge in [-0.3, -0.25) is 4.79 Å². The summed E-state index contributed by atoms with van der Waals surface area (Å²) in [6.07, 6.45) is -3.06. The fourth-order valence-electron chi connectivity index (χ4n) is 2.72. The molecule has 0 aliphatic rings. The number of hydrogen-bond donors (Lipinski definition) is 1. The molecule has 11 heteroatoms. The van der Waals surface area contributed by atoms with Gasteiger partial charge in [0, 0.05) is 7.11 Å². The third-order valence-corrected chi connectivity index (χ3v) is 5.72. The highest BCUT2D eigenvalue weighted by Gasteiger charge is 2.29. The van der Waals surface area contributed by atoms with Crippen LogP contribution in [0.1, 0.15) is 32.2 Å². The number of fused-ring (bicyclic) bond motifs is 1. The highest BCUT2D eigenvalue weighted by atomic mass is 35.5. The van der Waals surface area contributed by atoms with E-state index in [1.807, 2.05) is 0 Å². The molecule has 0 bridgehead atoms. The number of esters is 1. The van der Waals surface area contributed by atoms with Crippen molar-refractivity contribution in [1.82, 2.24) is 9.97 Å². The zero-order valence-electron chi connectivity index (χ0n) is 16.3. The minimum atomic E-state index is -4.44. The lowest BCUT2D eigenvalue weighted by molar-refractivity contribution is -0.137. The van der Waals surface area contributed by atoms with Crippen LogP contribution in [0.4, 0.5) is 13.2 Å². The number of alkyl halides is 3. The van der Waals surface area contributed by atoms with Crippen molar-refractivity contribution in [1.29, 1.82) is 0 Å². The molecule has 0 saturated carbocycles.